The van der Waals surface area contributed by atoms with Crippen LogP contribution in [0.4, 0.5) is 13.2 Å². The highest BCUT2D eigenvalue weighted by Crippen LogP contribution is 2.25. The van der Waals surface area contributed by atoms with Crippen molar-refractivity contribution in [3.63, 3.8) is 0 Å². The number of halogens is 3. The molecule has 0 spiro atoms. The minimum atomic E-state index is -4.93. The van der Waals surface area contributed by atoms with Gasteiger partial charge in [-0.2, -0.15) is 0 Å². The molecule has 0 aliphatic rings. The lowest BCUT2D eigenvalue weighted by molar-refractivity contribution is -0.274. The molecule has 1 aromatic carbocycles. The first kappa shape index (κ1) is 13.5. The molecular formula is C8H6F3NO4S. The number of aldehydes is 1. The van der Waals surface area contributed by atoms with Crippen molar-refractivity contribution in [2.24, 2.45) is 5.14 Å². The average Bonchev–Trinajstić information content (AvgIpc) is 2.13. The fraction of sp³-hybridized carbons (Fsp3) is 0.125. The number of nitrogens with two attached hydrogens (primary N) is 1. The Kier molecular flexibility index (Phi) is 3.43. The van der Waals surface area contributed by atoms with Crippen molar-refractivity contribution in [2.45, 2.75) is 11.3 Å². The van der Waals surface area contributed by atoms with Crippen LogP contribution in [-0.2, 0) is 10.0 Å². The van der Waals surface area contributed by atoms with Crippen LogP contribution >= 0.6 is 0 Å². The van der Waals surface area contributed by atoms with Gasteiger partial charge in [0.15, 0.2) is 6.29 Å². The number of rotatable bonds is 3. The molecular weight excluding hydrogens is 263 g/mol. The number of hydrogen-bond acceptors (Lipinski definition) is 4. The van der Waals surface area contributed by atoms with Gasteiger partial charge in [-0.05, 0) is 18.2 Å². The van der Waals surface area contributed by atoms with Crippen LogP contribution in [0.15, 0.2) is 23.1 Å². The van der Waals surface area contributed by atoms with Gasteiger partial charge in [0, 0.05) is 5.56 Å². The molecule has 17 heavy (non-hydrogen) atoms. The molecule has 1 rings (SSSR count). The summed E-state index contributed by atoms with van der Waals surface area (Å²) in [7, 11) is -4.17. The highest BCUT2D eigenvalue weighted by molar-refractivity contribution is 7.89. The lowest BCUT2D eigenvalue weighted by atomic mass is 10.2. The van der Waals surface area contributed by atoms with Crippen LogP contribution in [0.3, 0.4) is 0 Å². The van der Waals surface area contributed by atoms with Crippen molar-refractivity contribution >= 4 is 16.3 Å². The lowest BCUT2D eigenvalue weighted by Gasteiger charge is -2.10. The summed E-state index contributed by atoms with van der Waals surface area (Å²) in [6.45, 7) is 0. The van der Waals surface area contributed by atoms with Gasteiger partial charge in [0.05, 0.1) is 4.90 Å². The third kappa shape index (κ3) is 3.71. The molecule has 9 heteroatoms. The molecule has 0 unspecified atom stereocenters. The SMILES string of the molecule is NS(=O)(=O)c1ccc(OC(F)(F)F)cc1C=O. The summed E-state index contributed by atoms with van der Waals surface area (Å²) in [5.74, 6) is -0.702. The summed E-state index contributed by atoms with van der Waals surface area (Å²) in [6, 6.07) is 2.15. The standard InChI is InChI=1S/C8H6F3NO4S/c9-8(10,11)16-6-1-2-7(17(12,14)15)5(3-6)4-13/h1-4H,(H2,12,14,15). The van der Waals surface area contributed by atoms with Crippen LogP contribution < -0.4 is 9.88 Å². The van der Waals surface area contributed by atoms with Gasteiger partial charge in [-0.15, -0.1) is 13.2 Å². The van der Waals surface area contributed by atoms with E-state index in [0.717, 1.165) is 12.1 Å². The second-order valence-electron chi connectivity index (χ2n) is 2.91. The topological polar surface area (TPSA) is 86.5 Å². The van der Waals surface area contributed by atoms with E-state index in [2.05, 4.69) is 4.74 Å². The van der Waals surface area contributed by atoms with E-state index >= 15 is 0 Å². The maximum atomic E-state index is 11.9. The van der Waals surface area contributed by atoms with E-state index in [1.165, 1.54) is 0 Å². The highest BCUT2D eigenvalue weighted by atomic mass is 32.2. The van der Waals surface area contributed by atoms with Gasteiger partial charge in [0.2, 0.25) is 10.0 Å². The zero-order valence-corrected chi connectivity index (χ0v) is 8.88. The maximum Gasteiger partial charge on any atom is 0.573 e. The molecule has 0 radical (unpaired) electrons. The number of benzene rings is 1. The van der Waals surface area contributed by atoms with Crippen LogP contribution in [0.2, 0.25) is 0 Å². The summed E-state index contributed by atoms with van der Waals surface area (Å²) >= 11 is 0. The first-order valence-corrected chi connectivity index (χ1v) is 5.56. The summed E-state index contributed by atoms with van der Waals surface area (Å²) in [6.07, 6.45) is -4.85. The van der Waals surface area contributed by atoms with E-state index in [1.54, 1.807) is 0 Å². The molecule has 0 aliphatic carbocycles. The number of hydrogen-bond donors (Lipinski definition) is 1. The molecule has 0 saturated carbocycles. The van der Waals surface area contributed by atoms with E-state index in [-0.39, 0.29) is 6.29 Å². The second-order valence-corrected chi connectivity index (χ2v) is 4.44. The molecule has 0 amide bonds. The van der Waals surface area contributed by atoms with E-state index in [0.29, 0.717) is 6.07 Å². The quantitative estimate of drug-likeness (QED) is 0.831. The van der Waals surface area contributed by atoms with Crippen molar-refractivity contribution in [3.8, 4) is 5.75 Å². The Balaban J connectivity index is 3.23. The lowest BCUT2D eigenvalue weighted by Crippen LogP contribution is -2.18. The van der Waals surface area contributed by atoms with Gasteiger partial charge < -0.3 is 4.74 Å². The molecule has 0 fully saturated rings. The van der Waals surface area contributed by atoms with Crippen molar-refractivity contribution in [2.75, 3.05) is 0 Å². The summed E-state index contributed by atoms with van der Waals surface area (Å²) < 4.78 is 61.0. The van der Waals surface area contributed by atoms with Crippen molar-refractivity contribution < 1.29 is 31.1 Å². The molecule has 2 N–H and O–H groups in total. The smallest absolute Gasteiger partial charge is 0.406 e. The number of carbonyl (C=O) groups is 1. The molecule has 0 heterocycles. The first-order chi connectivity index (χ1) is 7.63. The van der Waals surface area contributed by atoms with Crippen LogP contribution in [0.25, 0.3) is 0 Å². The zero-order valence-electron chi connectivity index (χ0n) is 8.06. The summed E-state index contributed by atoms with van der Waals surface area (Å²) in [5, 5.41) is 4.76. The van der Waals surface area contributed by atoms with Crippen LogP contribution in [-0.4, -0.2) is 21.1 Å². The molecule has 0 bridgehead atoms. The fourth-order valence-electron chi connectivity index (χ4n) is 1.07. The maximum absolute atomic E-state index is 11.9. The van der Waals surface area contributed by atoms with Crippen molar-refractivity contribution in [3.05, 3.63) is 23.8 Å². The van der Waals surface area contributed by atoms with Crippen molar-refractivity contribution in [1.29, 1.82) is 0 Å². The number of ether oxygens (including phenoxy) is 1. The Bertz CT molecular complexity index is 538. The van der Waals surface area contributed by atoms with Gasteiger partial charge in [-0.3, -0.25) is 4.79 Å². The molecule has 0 saturated heterocycles. The first-order valence-electron chi connectivity index (χ1n) is 4.01. The van der Waals surface area contributed by atoms with Gasteiger partial charge in [0.1, 0.15) is 5.75 Å². The molecule has 0 atom stereocenters. The molecule has 0 aromatic heterocycles. The predicted molar refractivity (Wildman–Crippen MR) is 49.9 cm³/mol. The van der Waals surface area contributed by atoms with Crippen LogP contribution in [0, 0.1) is 0 Å². The normalized spacial score (nSPS) is 12.2. The minimum absolute atomic E-state index is 0.0724. The van der Waals surface area contributed by atoms with Crippen molar-refractivity contribution in [1.82, 2.24) is 0 Å². The number of primary sulfonamides is 1. The Morgan fingerprint density at radius 1 is 1.29 bits per heavy atom. The number of alkyl halides is 3. The van der Waals surface area contributed by atoms with E-state index in [4.69, 9.17) is 5.14 Å². The van der Waals surface area contributed by atoms with Crippen LogP contribution in [0.5, 0.6) is 5.75 Å². The molecule has 94 valence electrons. The third-order valence-corrected chi connectivity index (χ3v) is 2.63. The number of sulfonamides is 1. The Morgan fingerprint density at radius 2 is 1.88 bits per heavy atom. The van der Waals surface area contributed by atoms with Gasteiger partial charge in [-0.1, -0.05) is 0 Å². The molecule has 5 nitrogen and oxygen atoms in total. The highest BCUT2D eigenvalue weighted by Gasteiger charge is 2.31. The van der Waals surface area contributed by atoms with E-state index < -0.39 is 32.6 Å². The average molecular weight is 269 g/mol. The van der Waals surface area contributed by atoms with Gasteiger partial charge in [0.25, 0.3) is 0 Å². The number of carbonyl (C=O) groups excluding carboxylic acids is 1. The van der Waals surface area contributed by atoms with Gasteiger partial charge >= 0.3 is 6.36 Å². The summed E-state index contributed by atoms with van der Waals surface area (Å²) in [4.78, 5) is 9.97. The Hall–Kier alpha value is -1.61. The predicted octanol–water partition coefficient (Wildman–Crippen LogP) is 1.05. The summed E-state index contributed by atoms with van der Waals surface area (Å²) in [5.41, 5.74) is -0.505. The molecule has 1 aromatic rings. The largest absolute Gasteiger partial charge is 0.573 e. The Morgan fingerprint density at radius 3 is 2.29 bits per heavy atom. The minimum Gasteiger partial charge on any atom is -0.406 e. The third-order valence-electron chi connectivity index (χ3n) is 1.65. The fourth-order valence-corrected chi connectivity index (χ4v) is 1.77. The van der Waals surface area contributed by atoms with Gasteiger partial charge in [-0.25, -0.2) is 13.6 Å². The second kappa shape index (κ2) is 4.34. The monoisotopic (exact) mass is 269 g/mol. The van der Waals surface area contributed by atoms with Crippen LogP contribution in [0.1, 0.15) is 10.4 Å². The zero-order chi connectivity index (χ0) is 13.3. The molecule has 0 aliphatic heterocycles. The van der Waals surface area contributed by atoms with E-state index in [9.17, 15) is 26.4 Å². The van der Waals surface area contributed by atoms with E-state index in [1.807, 2.05) is 0 Å². The Labute approximate surface area is 94.0 Å².